The average molecular weight is 400 g/mol. The van der Waals surface area contributed by atoms with Crippen molar-refractivity contribution in [3.8, 4) is 11.5 Å². The second-order valence-corrected chi connectivity index (χ2v) is 9.17. The fraction of sp³-hybridized carbons (Fsp3) is 0.625. The summed E-state index contributed by atoms with van der Waals surface area (Å²) < 4.78 is 63.8. The smallest absolute Gasteiger partial charge is 0.276 e. The van der Waals surface area contributed by atoms with Crippen molar-refractivity contribution in [1.29, 1.82) is 0 Å². The van der Waals surface area contributed by atoms with Gasteiger partial charge in [-0.3, -0.25) is 0 Å². The first kappa shape index (κ1) is 17.3. The molecule has 0 radical (unpaired) electrons. The quantitative estimate of drug-likeness (QED) is 0.841. The topological polar surface area (TPSA) is 115 Å². The molecule has 0 amide bonds. The number of alkyl halides is 2. The van der Waals surface area contributed by atoms with Gasteiger partial charge in [0.25, 0.3) is 16.1 Å². The van der Waals surface area contributed by atoms with Gasteiger partial charge in [0.2, 0.25) is 5.89 Å². The molecule has 0 unspecified atom stereocenters. The zero-order valence-electron chi connectivity index (χ0n) is 14.3. The Labute approximate surface area is 153 Å². The lowest BCUT2D eigenvalue weighted by atomic mass is 9.91. The highest BCUT2D eigenvalue weighted by atomic mass is 32.2. The molecule has 3 aliphatic rings. The maximum Gasteiger partial charge on any atom is 0.276 e. The van der Waals surface area contributed by atoms with E-state index < -0.39 is 27.5 Å². The van der Waals surface area contributed by atoms with Crippen molar-refractivity contribution in [2.45, 2.75) is 43.4 Å². The number of hydrogen-bond donors (Lipinski definition) is 1. The highest BCUT2D eigenvalue weighted by Gasteiger charge is 2.81. The number of hydrogen-bond acceptors (Lipinski definition) is 6. The summed E-state index contributed by atoms with van der Waals surface area (Å²) in [6, 6.07) is 0. The molecule has 146 valence electrons. The van der Waals surface area contributed by atoms with E-state index in [1.807, 2.05) is 0 Å². The van der Waals surface area contributed by atoms with E-state index >= 15 is 0 Å². The molecular formula is C16H18F2N4O4S. The molecule has 1 aliphatic heterocycles. The molecule has 0 bridgehead atoms. The van der Waals surface area contributed by atoms with Crippen LogP contribution in [0.1, 0.15) is 48.9 Å². The van der Waals surface area contributed by atoms with Crippen LogP contribution < -0.4 is 5.14 Å². The Bertz CT molecular complexity index is 990. The highest BCUT2D eigenvalue weighted by molar-refractivity contribution is 7.86. The minimum Gasteiger partial charge on any atom is -0.444 e. The Hall–Kier alpha value is -1.85. The first-order chi connectivity index (χ1) is 12.7. The third-order valence-corrected chi connectivity index (χ3v) is 7.16. The molecule has 1 spiro atoms. The van der Waals surface area contributed by atoms with Gasteiger partial charge in [0.05, 0.1) is 22.7 Å². The van der Waals surface area contributed by atoms with E-state index in [2.05, 4.69) is 10.1 Å². The predicted octanol–water partition coefficient (Wildman–Crippen LogP) is 2.23. The molecule has 2 saturated carbocycles. The van der Waals surface area contributed by atoms with Crippen LogP contribution in [0.25, 0.3) is 11.5 Å². The Balaban J connectivity index is 1.40. The van der Waals surface area contributed by atoms with E-state index in [0.717, 1.165) is 22.8 Å². The number of rotatable bonds is 4. The van der Waals surface area contributed by atoms with Crippen molar-refractivity contribution in [3.63, 3.8) is 0 Å². The monoisotopic (exact) mass is 400 g/mol. The summed E-state index contributed by atoms with van der Waals surface area (Å²) in [5, 5.41) is 9.07. The van der Waals surface area contributed by atoms with Gasteiger partial charge in [0.15, 0.2) is 0 Å². The normalized spacial score (nSPS) is 27.1. The lowest BCUT2D eigenvalue weighted by Gasteiger charge is -2.30. The third-order valence-electron chi connectivity index (χ3n) is 6.08. The maximum atomic E-state index is 14.7. The second kappa shape index (κ2) is 5.36. The number of nitrogens with two attached hydrogens (primary N) is 1. The Morgan fingerprint density at radius 1 is 1.22 bits per heavy atom. The molecule has 1 saturated heterocycles. The molecule has 5 rings (SSSR count). The van der Waals surface area contributed by atoms with Crippen LogP contribution in [0.15, 0.2) is 21.5 Å². The summed E-state index contributed by atoms with van der Waals surface area (Å²) >= 11 is 0. The first-order valence-electron chi connectivity index (χ1n) is 8.80. The summed E-state index contributed by atoms with van der Waals surface area (Å²) in [5.41, 5.74) is 0.242. The fourth-order valence-electron chi connectivity index (χ4n) is 4.34. The van der Waals surface area contributed by atoms with Gasteiger partial charge in [0.1, 0.15) is 18.1 Å². The number of aromatic nitrogens is 2. The van der Waals surface area contributed by atoms with Gasteiger partial charge in [-0.1, -0.05) is 5.16 Å². The van der Waals surface area contributed by atoms with Crippen LogP contribution in [-0.4, -0.2) is 41.9 Å². The van der Waals surface area contributed by atoms with Gasteiger partial charge >= 0.3 is 0 Å². The van der Waals surface area contributed by atoms with Crippen LogP contribution in [-0.2, 0) is 10.2 Å². The molecule has 0 aromatic carbocycles. The van der Waals surface area contributed by atoms with E-state index in [1.54, 1.807) is 0 Å². The molecule has 11 heteroatoms. The van der Waals surface area contributed by atoms with Gasteiger partial charge in [-0.15, -0.1) is 0 Å². The minimum absolute atomic E-state index is 0.0207. The SMILES string of the molecule is NS(=O)(=O)N1CCC2(CC1)[C@H](c1coc(-c3conc3C3CC3)n1)C2(F)F. The van der Waals surface area contributed by atoms with Crippen molar-refractivity contribution in [1.82, 2.24) is 14.4 Å². The molecule has 27 heavy (non-hydrogen) atoms. The minimum atomic E-state index is -3.86. The Morgan fingerprint density at radius 3 is 2.56 bits per heavy atom. The summed E-state index contributed by atoms with van der Waals surface area (Å²) in [6.45, 7) is -0.0414. The average Bonchev–Trinajstić information content (AvgIpc) is 3.32. The molecule has 3 fully saturated rings. The van der Waals surface area contributed by atoms with Gasteiger partial charge in [-0.05, 0) is 25.7 Å². The van der Waals surface area contributed by atoms with Crippen LogP contribution in [0.4, 0.5) is 8.78 Å². The molecule has 3 heterocycles. The van der Waals surface area contributed by atoms with Gasteiger partial charge in [-0.2, -0.15) is 12.7 Å². The summed E-state index contributed by atoms with van der Waals surface area (Å²) in [6.07, 6.45) is 4.77. The molecule has 8 nitrogen and oxygen atoms in total. The largest absolute Gasteiger partial charge is 0.444 e. The standard InChI is InChI=1S/C16H18F2N4O4S/c17-16(18)13(15(16)3-5-22(6-4-15)27(19,23)24)11-8-25-14(20-11)10-7-26-21-12(10)9-1-2-9/h7-9,13H,1-6H2,(H2,19,23,24)/t13-/m0/s1. The molecule has 1 atom stereocenters. The van der Waals surface area contributed by atoms with Crippen LogP contribution in [0.3, 0.4) is 0 Å². The lowest BCUT2D eigenvalue weighted by molar-refractivity contribution is 0.0412. The zero-order chi connectivity index (χ0) is 19.0. The van der Waals surface area contributed by atoms with Gasteiger partial charge < -0.3 is 8.94 Å². The van der Waals surface area contributed by atoms with E-state index in [1.165, 1.54) is 12.5 Å². The Kier molecular flexibility index (Phi) is 3.43. The van der Waals surface area contributed by atoms with Crippen LogP contribution in [0.2, 0.25) is 0 Å². The van der Waals surface area contributed by atoms with Crippen molar-refractivity contribution < 1.29 is 26.1 Å². The van der Waals surface area contributed by atoms with Crippen molar-refractivity contribution in [2.75, 3.05) is 13.1 Å². The Morgan fingerprint density at radius 2 is 1.93 bits per heavy atom. The van der Waals surface area contributed by atoms with Crippen molar-refractivity contribution in [3.05, 3.63) is 23.9 Å². The second-order valence-electron chi connectivity index (χ2n) is 7.62. The third kappa shape index (κ3) is 2.48. The number of halogens is 2. The van der Waals surface area contributed by atoms with Crippen molar-refractivity contribution >= 4 is 10.2 Å². The van der Waals surface area contributed by atoms with Crippen LogP contribution in [0.5, 0.6) is 0 Å². The molecule has 2 N–H and O–H groups in total. The number of oxazole rings is 1. The van der Waals surface area contributed by atoms with Crippen LogP contribution in [0, 0.1) is 5.41 Å². The van der Waals surface area contributed by atoms with Gasteiger partial charge in [-0.25, -0.2) is 18.9 Å². The fourth-order valence-corrected chi connectivity index (χ4v) is 5.03. The lowest BCUT2D eigenvalue weighted by Crippen LogP contribution is -2.43. The molecule has 2 aromatic rings. The van der Waals surface area contributed by atoms with E-state index in [0.29, 0.717) is 11.5 Å². The molecule has 2 aliphatic carbocycles. The summed E-state index contributed by atoms with van der Waals surface area (Å²) in [4.78, 5) is 4.30. The number of piperidine rings is 1. The van der Waals surface area contributed by atoms with E-state index in [-0.39, 0.29) is 37.5 Å². The maximum absolute atomic E-state index is 14.7. The molecule has 2 aromatic heterocycles. The zero-order valence-corrected chi connectivity index (χ0v) is 15.1. The summed E-state index contributed by atoms with van der Waals surface area (Å²) in [7, 11) is -3.86. The molecular weight excluding hydrogens is 382 g/mol. The van der Waals surface area contributed by atoms with Gasteiger partial charge in [0, 0.05) is 19.0 Å². The predicted molar refractivity (Wildman–Crippen MR) is 88.0 cm³/mol. The van der Waals surface area contributed by atoms with E-state index in [4.69, 9.17) is 14.1 Å². The van der Waals surface area contributed by atoms with Crippen LogP contribution >= 0.6 is 0 Å². The number of nitrogens with zero attached hydrogens (tertiary/aromatic N) is 3. The highest BCUT2D eigenvalue weighted by Crippen LogP contribution is 2.75. The first-order valence-corrected chi connectivity index (χ1v) is 10.3. The van der Waals surface area contributed by atoms with Crippen molar-refractivity contribution in [2.24, 2.45) is 10.6 Å². The summed E-state index contributed by atoms with van der Waals surface area (Å²) in [5.74, 6) is -3.51. The van der Waals surface area contributed by atoms with E-state index in [9.17, 15) is 17.2 Å².